The van der Waals surface area contributed by atoms with Gasteiger partial charge in [0.05, 0.1) is 11.6 Å². The van der Waals surface area contributed by atoms with Gasteiger partial charge in [0.1, 0.15) is 12.1 Å². The van der Waals surface area contributed by atoms with Crippen LogP contribution in [0.5, 0.6) is 0 Å². The monoisotopic (exact) mass is 281 g/mol. The molecule has 2 aromatic rings. The van der Waals surface area contributed by atoms with Crippen LogP contribution in [0.15, 0.2) is 65.8 Å². The number of hydrogen-bond acceptors (Lipinski definition) is 2. The molecular formula is C18H21N2O+. The largest absolute Gasteiger partial charge is 0.411 e. The van der Waals surface area contributed by atoms with Gasteiger partial charge in [0.2, 0.25) is 0 Å². The average Bonchev–Trinajstić information content (AvgIpc) is 2.56. The van der Waals surface area contributed by atoms with E-state index in [1.807, 2.05) is 12.1 Å². The first-order valence-electron chi connectivity index (χ1n) is 7.45. The van der Waals surface area contributed by atoms with Crippen LogP contribution in [0, 0.1) is 5.92 Å². The standard InChI is InChI=1S/C18H20N2O/c1-13-16(20-21)12-17(14-8-4-2-5-9-14)19-18(13)15-10-6-3-7-11-15/h2-11,13,17-19,21H,12H2,1H3/p+1/t13-,17-,18+/m0/s1. The van der Waals surface area contributed by atoms with Crippen LogP contribution in [0.4, 0.5) is 0 Å². The molecule has 2 aromatic carbocycles. The molecule has 1 aliphatic heterocycles. The Morgan fingerprint density at radius 2 is 1.52 bits per heavy atom. The van der Waals surface area contributed by atoms with Gasteiger partial charge in [-0.2, -0.15) is 0 Å². The summed E-state index contributed by atoms with van der Waals surface area (Å²) in [7, 11) is 0. The highest BCUT2D eigenvalue weighted by atomic mass is 16.4. The molecule has 0 unspecified atom stereocenters. The summed E-state index contributed by atoms with van der Waals surface area (Å²) in [5, 5.41) is 15.3. The van der Waals surface area contributed by atoms with Crippen molar-refractivity contribution in [2.24, 2.45) is 11.1 Å². The van der Waals surface area contributed by atoms with E-state index in [4.69, 9.17) is 0 Å². The lowest BCUT2D eigenvalue weighted by Crippen LogP contribution is -2.90. The molecule has 0 spiro atoms. The number of nitrogens with zero attached hydrogens (tertiary/aromatic N) is 1. The summed E-state index contributed by atoms with van der Waals surface area (Å²) in [6.07, 6.45) is 0.797. The molecule has 0 amide bonds. The first kappa shape index (κ1) is 13.8. The molecule has 3 heteroatoms. The van der Waals surface area contributed by atoms with Gasteiger partial charge in [-0.25, -0.2) is 0 Å². The Labute approximate surface area is 125 Å². The quantitative estimate of drug-likeness (QED) is 0.645. The van der Waals surface area contributed by atoms with Crippen LogP contribution in [0.3, 0.4) is 0 Å². The van der Waals surface area contributed by atoms with E-state index >= 15 is 0 Å². The average molecular weight is 281 g/mol. The maximum absolute atomic E-state index is 9.36. The summed E-state index contributed by atoms with van der Waals surface area (Å²) >= 11 is 0. The minimum atomic E-state index is 0.234. The number of hydrogen-bond donors (Lipinski definition) is 2. The maximum Gasteiger partial charge on any atom is 0.120 e. The van der Waals surface area contributed by atoms with E-state index in [1.165, 1.54) is 11.1 Å². The van der Waals surface area contributed by atoms with Crippen LogP contribution in [0.25, 0.3) is 0 Å². The third-order valence-corrected chi connectivity index (χ3v) is 4.47. The fourth-order valence-electron chi connectivity index (χ4n) is 3.24. The molecule has 1 aliphatic rings. The molecule has 1 heterocycles. The van der Waals surface area contributed by atoms with Gasteiger partial charge in [-0.15, -0.1) is 0 Å². The number of quaternary nitrogens is 1. The van der Waals surface area contributed by atoms with Crippen LogP contribution >= 0.6 is 0 Å². The first-order valence-corrected chi connectivity index (χ1v) is 7.45. The molecule has 3 N–H and O–H groups in total. The third kappa shape index (κ3) is 2.83. The van der Waals surface area contributed by atoms with Crippen LogP contribution in [0.1, 0.15) is 36.6 Å². The van der Waals surface area contributed by atoms with E-state index in [-0.39, 0.29) is 12.0 Å². The Balaban J connectivity index is 1.93. The summed E-state index contributed by atoms with van der Waals surface area (Å²) in [5.74, 6) is 0.234. The van der Waals surface area contributed by atoms with Gasteiger partial charge in [-0.3, -0.25) is 0 Å². The summed E-state index contributed by atoms with van der Waals surface area (Å²) in [4.78, 5) is 0. The van der Waals surface area contributed by atoms with E-state index < -0.39 is 0 Å². The van der Waals surface area contributed by atoms with Gasteiger partial charge in [-0.05, 0) is 0 Å². The van der Waals surface area contributed by atoms with Gasteiger partial charge in [0.25, 0.3) is 0 Å². The number of rotatable bonds is 2. The summed E-state index contributed by atoms with van der Waals surface area (Å²) in [6.45, 7) is 2.14. The Morgan fingerprint density at radius 1 is 0.952 bits per heavy atom. The van der Waals surface area contributed by atoms with E-state index in [9.17, 15) is 5.21 Å². The highest BCUT2D eigenvalue weighted by Crippen LogP contribution is 2.29. The second kappa shape index (κ2) is 6.10. The van der Waals surface area contributed by atoms with Gasteiger partial charge < -0.3 is 10.5 Å². The lowest BCUT2D eigenvalue weighted by atomic mass is 9.81. The Hall–Kier alpha value is -2.13. The fraction of sp³-hybridized carbons (Fsp3) is 0.278. The number of piperidine rings is 1. The van der Waals surface area contributed by atoms with Crippen molar-refractivity contribution in [2.75, 3.05) is 0 Å². The van der Waals surface area contributed by atoms with Crippen molar-refractivity contribution < 1.29 is 10.5 Å². The highest BCUT2D eigenvalue weighted by molar-refractivity contribution is 5.87. The molecule has 3 rings (SSSR count). The number of nitrogens with two attached hydrogens (primary N) is 1. The van der Waals surface area contributed by atoms with Crippen LogP contribution < -0.4 is 5.32 Å². The lowest BCUT2D eigenvalue weighted by Gasteiger charge is -2.33. The normalized spacial score (nSPS) is 27.7. The van der Waals surface area contributed by atoms with E-state index in [0.717, 1.165) is 12.1 Å². The predicted octanol–water partition coefficient (Wildman–Crippen LogP) is 2.90. The number of oxime groups is 1. The van der Waals surface area contributed by atoms with E-state index in [0.29, 0.717) is 6.04 Å². The van der Waals surface area contributed by atoms with Crippen molar-refractivity contribution in [1.82, 2.24) is 0 Å². The summed E-state index contributed by atoms with van der Waals surface area (Å²) in [6, 6.07) is 21.5. The topological polar surface area (TPSA) is 49.2 Å². The van der Waals surface area contributed by atoms with Gasteiger partial charge >= 0.3 is 0 Å². The molecule has 1 fully saturated rings. The molecule has 1 saturated heterocycles. The second-order valence-electron chi connectivity index (χ2n) is 5.73. The molecule has 3 nitrogen and oxygen atoms in total. The molecule has 0 bridgehead atoms. The highest BCUT2D eigenvalue weighted by Gasteiger charge is 2.37. The molecule has 21 heavy (non-hydrogen) atoms. The predicted molar refractivity (Wildman–Crippen MR) is 83.3 cm³/mol. The summed E-state index contributed by atoms with van der Waals surface area (Å²) in [5.41, 5.74) is 3.46. The van der Waals surface area contributed by atoms with Crippen LogP contribution in [0.2, 0.25) is 0 Å². The van der Waals surface area contributed by atoms with Crippen molar-refractivity contribution >= 4 is 5.71 Å². The minimum absolute atomic E-state index is 0.234. The van der Waals surface area contributed by atoms with E-state index in [1.54, 1.807) is 0 Å². The second-order valence-corrected chi connectivity index (χ2v) is 5.73. The summed E-state index contributed by atoms with van der Waals surface area (Å²) < 4.78 is 0. The van der Waals surface area contributed by atoms with Gasteiger partial charge in [-0.1, -0.05) is 72.7 Å². The zero-order chi connectivity index (χ0) is 14.7. The van der Waals surface area contributed by atoms with Crippen molar-refractivity contribution in [3.05, 3.63) is 71.8 Å². The molecule has 0 radical (unpaired) electrons. The van der Waals surface area contributed by atoms with Crippen molar-refractivity contribution in [3.63, 3.8) is 0 Å². The first-order chi connectivity index (χ1) is 10.3. The third-order valence-electron chi connectivity index (χ3n) is 4.47. The Kier molecular flexibility index (Phi) is 4.02. The fourth-order valence-corrected chi connectivity index (χ4v) is 3.24. The van der Waals surface area contributed by atoms with Crippen LogP contribution in [-0.2, 0) is 0 Å². The van der Waals surface area contributed by atoms with Crippen LogP contribution in [-0.4, -0.2) is 10.9 Å². The molecule has 108 valence electrons. The maximum atomic E-state index is 9.36. The molecule has 0 saturated carbocycles. The lowest BCUT2D eigenvalue weighted by molar-refractivity contribution is -0.741. The molecular weight excluding hydrogens is 260 g/mol. The number of benzene rings is 2. The van der Waals surface area contributed by atoms with Gasteiger partial charge in [0, 0.05) is 17.5 Å². The molecule has 3 atom stereocenters. The van der Waals surface area contributed by atoms with Gasteiger partial charge in [0.15, 0.2) is 0 Å². The zero-order valence-corrected chi connectivity index (χ0v) is 12.2. The van der Waals surface area contributed by atoms with Crippen molar-refractivity contribution in [1.29, 1.82) is 0 Å². The molecule has 0 aromatic heterocycles. The molecule has 0 aliphatic carbocycles. The zero-order valence-electron chi connectivity index (χ0n) is 12.2. The van der Waals surface area contributed by atoms with Crippen molar-refractivity contribution in [3.8, 4) is 0 Å². The Morgan fingerprint density at radius 3 is 2.10 bits per heavy atom. The smallest absolute Gasteiger partial charge is 0.120 e. The SMILES string of the molecule is C[C@H]1C(=NO)C[C@@H](c2ccccc2)[NH2+][C@H]1c1ccccc1. The van der Waals surface area contributed by atoms with Crippen molar-refractivity contribution in [2.45, 2.75) is 25.4 Å². The minimum Gasteiger partial charge on any atom is -0.411 e. The Bertz CT molecular complexity index is 610. The van der Waals surface area contributed by atoms with E-state index in [2.05, 4.69) is 65.9 Å².